The Labute approximate surface area is 128 Å². The molecule has 0 radical (unpaired) electrons. The van der Waals surface area contributed by atoms with Crippen LogP contribution in [0.2, 0.25) is 0 Å². The van der Waals surface area contributed by atoms with Gasteiger partial charge < -0.3 is 15.2 Å². The van der Waals surface area contributed by atoms with Gasteiger partial charge in [-0.1, -0.05) is 18.2 Å². The van der Waals surface area contributed by atoms with Crippen molar-refractivity contribution in [2.24, 2.45) is 0 Å². The summed E-state index contributed by atoms with van der Waals surface area (Å²) < 4.78 is 31.4. The average molecular weight is 307 g/mol. The fourth-order valence-corrected chi connectivity index (χ4v) is 2.16. The minimum atomic E-state index is -0.758. The van der Waals surface area contributed by atoms with Gasteiger partial charge in [0.2, 0.25) is 0 Å². The molecular formula is C17H19F2NO2. The van der Waals surface area contributed by atoms with Crippen LogP contribution in [0.15, 0.2) is 42.5 Å². The van der Waals surface area contributed by atoms with E-state index >= 15 is 0 Å². The number of hydrogen-bond acceptors (Lipinski definition) is 3. The summed E-state index contributed by atoms with van der Waals surface area (Å²) in [6, 6.07) is 10.3. The molecule has 2 N–H and O–H groups in total. The Hall–Kier alpha value is -1.98. The molecule has 0 bridgehead atoms. The highest BCUT2D eigenvalue weighted by Gasteiger charge is 2.12. The summed E-state index contributed by atoms with van der Waals surface area (Å²) in [6.07, 6.45) is -0.758. The molecule has 0 amide bonds. The molecule has 2 aromatic carbocycles. The first-order valence-corrected chi connectivity index (χ1v) is 7.01. The Bertz CT molecular complexity index is 617. The number of rotatable bonds is 6. The van der Waals surface area contributed by atoms with E-state index in [-0.39, 0.29) is 24.2 Å². The third kappa shape index (κ3) is 4.02. The van der Waals surface area contributed by atoms with Gasteiger partial charge in [-0.15, -0.1) is 0 Å². The number of aliphatic hydroxyl groups excluding tert-OH is 1. The number of halogens is 2. The van der Waals surface area contributed by atoms with Gasteiger partial charge in [0, 0.05) is 12.6 Å². The SMILES string of the molecule is COc1ccc(C(C)NCC(O)c2ccc(F)cc2)cc1F. The number of methoxy groups -OCH3 is 1. The summed E-state index contributed by atoms with van der Waals surface area (Å²) in [7, 11) is 1.42. The lowest BCUT2D eigenvalue weighted by Crippen LogP contribution is -2.24. The smallest absolute Gasteiger partial charge is 0.165 e. The Balaban J connectivity index is 1.95. The van der Waals surface area contributed by atoms with Crippen molar-refractivity contribution < 1.29 is 18.6 Å². The minimum Gasteiger partial charge on any atom is -0.494 e. The van der Waals surface area contributed by atoms with Gasteiger partial charge >= 0.3 is 0 Å². The molecule has 22 heavy (non-hydrogen) atoms. The molecule has 0 fully saturated rings. The predicted octanol–water partition coefficient (Wildman–Crippen LogP) is 3.36. The van der Waals surface area contributed by atoms with E-state index in [1.54, 1.807) is 24.3 Å². The zero-order valence-corrected chi connectivity index (χ0v) is 12.5. The molecule has 0 aliphatic carbocycles. The topological polar surface area (TPSA) is 41.5 Å². The van der Waals surface area contributed by atoms with E-state index in [0.29, 0.717) is 5.56 Å². The molecule has 0 aromatic heterocycles. The molecule has 0 saturated carbocycles. The number of benzene rings is 2. The maximum absolute atomic E-state index is 13.7. The highest BCUT2D eigenvalue weighted by molar-refractivity contribution is 5.30. The standard InChI is InChI=1S/C17H19F2NO2/c1-11(13-5-8-17(22-2)15(19)9-13)20-10-16(21)12-3-6-14(18)7-4-12/h3-9,11,16,20-21H,10H2,1-2H3. The Kier molecular flexibility index (Phi) is 5.46. The van der Waals surface area contributed by atoms with Gasteiger partial charge in [0.25, 0.3) is 0 Å². The quantitative estimate of drug-likeness (QED) is 0.860. The Morgan fingerprint density at radius 2 is 1.73 bits per heavy atom. The maximum Gasteiger partial charge on any atom is 0.165 e. The van der Waals surface area contributed by atoms with E-state index in [1.165, 1.54) is 25.3 Å². The van der Waals surface area contributed by atoms with Crippen LogP contribution in [0.1, 0.15) is 30.2 Å². The van der Waals surface area contributed by atoms with Gasteiger partial charge in [-0.05, 0) is 42.3 Å². The van der Waals surface area contributed by atoms with Crippen molar-refractivity contribution in [1.82, 2.24) is 5.32 Å². The molecule has 5 heteroatoms. The summed E-state index contributed by atoms with van der Waals surface area (Å²) >= 11 is 0. The van der Waals surface area contributed by atoms with Crippen LogP contribution >= 0.6 is 0 Å². The maximum atomic E-state index is 13.7. The molecule has 0 saturated heterocycles. The normalized spacial score (nSPS) is 13.7. The van der Waals surface area contributed by atoms with Crippen LogP contribution in [0.25, 0.3) is 0 Å². The third-order valence-corrected chi connectivity index (χ3v) is 3.55. The van der Waals surface area contributed by atoms with Crippen LogP contribution in [0.3, 0.4) is 0 Å². The Morgan fingerprint density at radius 1 is 1.09 bits per heavy atom. The second-order valence-electron chi connectivity index (χ2n) is 5.09. The third-order valence-electron chi connectivity index (χ3n) is 3.55. The van der Waals surface area contributed by atoms with Crippen molar-refractivity contribution in [3.05, 3.63) is 65.2 Å². The van der Waals surface area contributed by atoms with Gasteiger partial charge in [-0.3, -0.25) is 0 Å². The minimum absolute atomic E-state index is 0.143. The number of aliphatic hydroxyl groups is 1. The van der Waals surface area contributed by atoms with Gasteiger partial charge in [-0.2, -0.15) is 0 Å². The van der Waals surface area contributed by atoms with Gasteiger partial charge in [0.1, 0.15) is 5.82 Å². The first-order valence-electron chi connectivity index (χ1n) is 7.01. The first-order chi connectivity index (χ1) is 10.5. The van der Waals surface area contributed by atoms with E-state index in [0.717, 1.165) is 5.56 Å². The summed E-state index contributed by atoms with van der Waals surface area (Å²) in [6.45, 7) is 2.15. The second kappa shape index (κ2) is 7.33. The first kappa shape index (κ1) is 16.4. The fraction of sp³-hybridized carbons (Fsp3) is 0.294. The molecular weight excluding hydrogens is 288 g/mol. The van der Waals surface area contributed by atoms with Crippen molar-refractivity contribution >= 4 is 0 Å². The number of hydrogen-bond donors (Lipinski definition) is 2. The predicted molar refractivity (Wildman–Crippen MR) is 80.7 cm³/mol. The van der Waals surface area contributed by atoms with Crippen LogP contribution in [-0.2, 0) is 0 Å². The van der Waals surface area contributed by atoms with Crippen molar-refractivity contribution in [3.8, 4) is 5.75 Å². The van der Waals surface area contributed by atoms with E-state index < -0.39 is 11.9 Å². The fourth-order valence-electron chi connectivity index (χ4n) is 2.16. The van der Waals surface area contributed by atoms with Crippen LogP contribution in [0, 0.1) is 11.6 Å². The van der Waals surface area contributed by atoms with Gasteiger partial charge in [-0.25, -0.2) is 8.78 Å². The van der Waals surface area contributed by atoms with E-state index in [2.05, 4.69) is 5.32 Å². The van der Waals surface area contributed by atoms with Crippen LogP contribution < -0.4 is 10.1 Å². The van der Waals surface area contributed by atoms with Gasteiger partial charge in [0.05, 0.1) is 13.2 Å². The highest BCUT2D eigenvalue weighted by atomic mass is 19.1. The van der Waals surface area contributed by atoms with Crippen LogP contribution in [-0.4, -0.2) is 18.8 Å². The number of nitrogens with one attached hydrogen (secondary N) is 1. The molecule has 0 spiro atoms. The highest BCUT2D eigenvalue weighted by Crippen LogP contribution is 2.22. The van der Waals surface area contributed by atoms with E-state index in [4.69, 9.17) is 4.74 Å². The molecule has 0 aliphatic rings. The molecule has 3 nitrogen and oxygen atoms in total. The summed E-state index contributed by atoms with van der Waals surface area (Å²) in [5.41, 5.74) is 1.38. The summed E-state index contributed by atoms with van der Waals surface area (Å²) in [4.78, 5) is 0. The lowest BCUT2D eigenvalue weighted by molar-refractivity contribution is 0.170. The van der Waals surface area contributed by atoms with E-state index in [1.807, 2.05) is 6.92 Å². The molecule has 2 unspecified atom stereocenters. The molecule has 2 rings (SSSR count). The zero-order chi connectivity index (χ0) is 16.1. The van der Waals surface area contributed by atoms with Crippen molar-refractivity contribution in [1.29, 1.82) is 0 Å². The Morgan fingerprint density at radius 3 is 2.32 bits per heavy atom. The van der Waals surface area contributed by atoms with Crippen molar-refractivity contribution in [2.45, 2.75) is 19.1 Å². The molecule has 2 aromatic rings. The van der Waals surface area contributed by atoms with Gasteiger partial charge in [0.15, 0.2) is 11.6 Å². The van der Waals surface area contributed by atoms with E-state index in [9.17, 15) is 13.9 Å². The lowest BCUT2D eigenvalue weighted by atomic mass is 10.1. The molecule has 0 aliphatic heterocycles. The van der Waals surface area contributed by atoms with Crippen molar-refractivity contribution in [3.63, 3.8) is 0 Å². The van der Waals surface area contributed by atoms with Crippen molar-refractivity contribution in [2.75, 3.05) is 13.7 Å². The molecule has 0 heterocycles. The zero-order valence-electron chi connectivity index (χ0n) is 12.5. The molecule has 118 valence electrons. The summed E-state index contributed by atoms with van der Waals surface area (Å²) in [5, 5.41) is 13.2. The molecule has 2 atom stereocenters. The van der Waals surface area contributed by atoms with Crippen LogP contribution in [0.4, 0.5) is 8.78 Å². The number of ether oxygens (including phenoxy) is 1. The average Bonchev–Trinajstić information content (AvgIpc) is 2.52. The largest absolute Gasteiger partial charge is 0.494 e. The lowest BCUT2D eigenvalue weighted by Gasteiger charge is -2.18. The van der Waals surface area contributed by atoms with Crippen LogP contribution in [0.5, 0.6) is 5.75 Å². The summed E-state index contributed by atoms with van der Waals surface area (Å²) in [5.74, 6) is -0.569. The monoisotopic (exact) mass is 307 g/mol. The second-order valence-corrected chi connectivity index (χ2v) is 5.09.